The number of nitrogens with zero attached hydrogens (tertiary/aromatic N) is 1. The Balaban J connectivity index is 1.47. The van der Waals surface area contributed by atoms with E-state index in [1.165, 1.54) is 25.7 Å². The molecule has 0 spiro atoms. The Labute approximate surface area is 142 Å². The Morgan fingerprint density at radius 1 is 1.21 bits per heavy atom. The second-order valence-corrected chi connectivity index (χ2v) is 6.27. The van der Waals surface area contributed by atoms with E-state index in [1.54, 1.807) is 0 Å². The number of oxime groups is 1. The number of rotatable bonds is 5. The van der Waals surface area contributed by atoms with Gasteiger partial charge in [0, 0.05) is 11.6 Å². The summed E-state index contributed by atoms with van der Waals surface area (Å²) >= 11 is 0. The lowest BCUT2D eigenvalue weighted by atomic mass is 10.1. The zero-order valence-corrected chi connectivity index (χ0v) is 14.0. The third kappa shape index (κ3) is 4.40. The van der Waals surface area contributed by atoms with Crippen molar-refractivity contribution in [3.05, 3.63) is 23.8 Å². The number of nitrogens with one attached hydrogen (secondary N) is 1. The van der Waals surface area contributed by atoms with Crippen molar-refractivity contribution in [2.75, 3.05) is 13.4 Å². The van der Waals surface area contributed by atoms with Gasteiger partial charge >= 0.3 is 0 Å². The molecule has 1 aliphatic carbocycles. The van der Waals surface area contributed by atoms with Crippen LogP contribution in [0.5, 0.6) is 11.5 Å². The first kappa shape index (κ1) is 16.6. The first-order chi connectivity index (χ1) is 11.7. The van der Waals surface area contributed by atoms with Crippen molar-refractivity contribution in [1.82, 2.24) is 5.32 Å². The smallest absolute Gasteiger partial charge is 0.260 e. The number of fused-ring (bicyclic) bond motifs is 1. The summed E-state index contributed by atoms with van der Waals surface area (Å²) in [5.74, 6) is 1.33. The Bertz CT molecular complexity index is 607. The molecule has 1 aliphatic heterocycles. The summed E-state index contributed by atoms with van der Waals surface area (Å²) in [4.78, 5) is 17.2. The Morgan fingerprint density at radius 3 is 2.75 bits per heavy atom. The van der Waals surface area contributed by atoms with Gasteiger partial charge in [0.05, 0.1) is 5.71 Å². The molecule has 2 aliphatic rings. The highest BCUT2D eigenvalue weighted by molar-refractivity contribution is 5.99. The molecule has 0 bridgehead atoms. The monoisotopic (exact) mass is 332 g/mol. The molecule has 0 unspecified atom stereocenters. The van der Waals surface area contributed by atoms with Crippen LogP contribution < -0.4 is 14.8 Å². The van der Waals surface area contributed by atoms with E-state index in [-0.39, 0.29) is 25.3 Å². The van der Waals surface area contributed by atoms with E-state index >= 15 is 0 Å². The zero-order chi connectivity index (χ0) is 16.8. The van der Waals surface area contributed by atoms with E-state index < -0.39 is 0 Å². The maximum atomic E-state index is 12.0. The highest BCUT2D eigenvalue weighted by atomic mass is 16.7. The van der Waals surface area contributed by atoms with Crippen LogP contribution in [0.2, 0.25) is 0 Å². The van der Waals surface area contributed by atoms with Crippen LogP contribution in [0, 0.1) is 0 Å². The van der Waals surface area contributed by atoms with Crippen molar-refractivity contribution >= 4 is 11.6 Å². The molecule has 1 N–H and O–H groups in total. The number of ether oxygens (including phenoxy) is 2. The molecule has 1 amide bonds. The van der Waals surface area contributed by atoms with E-state index in [2.05, 4.69) is 10.5 Å². The maximum Gasteiger partial charge on any atom is 0.260 e. The van der Waals surface area contributed by atoms with Crippen LogP contribution in [0.4, 0.5) is 0 Å². The minimum atomic E-state index is -0.107. The minimum absolute atomic E-state index is 0.0572. The Kier molecular flexibility index (Phi) is 5.56. The predicted octanol–water partition coefficient (Wildman–Crippen LogP) is 2.99. The van der Waals surface area contributed by atoms with Crippen molar-refractivity contribution < 1.29 is 19.1 Å². The molecular weight excluding hydrogens is 308 g/mol. The summed E-state index contributed by atoms with van der Waals surface area (Å²) in [6.45, 7) is 2.02. The largest absolute Gasteiger partial charge is 0.454 e. The van der Waals surface area contributed by atoms with Gasteiger partial charge in [0.15, 0.2) is 18.1 Å². The van der Waals surface area contributed by atoms with E-state index in [9.17, 15) is 4.79 Å². The lowest BCUT2D eigenvalue weighted by Crippen LogP contribution is -2.36. The molecule has 1 saturated carbocycles. The van der Waals surface area contributed by atoms with E-state index in [4.69, 9.17) is 14.3 Å². The molecule has 6 nitrogen and oxygen atoms in total. The Hall–Kier alpha value is -2.24. The first-order valence-corrected chi connectivity index (χ1v) is 8.58. The fourth-order valence-electron chi connectivity index (χ4n) is 3.06. The van der Waals surface area contributed by atoms with Crippen LogP contribution in [-0.4, -0.2) is 31.1 Å². The fraction of sp³-hybridized carbons (Fsp3) is 0.556. The van der Waals surface area contributed by atoms with Crippen LogP contribution in [0.15, 0.2) is 23.4 Å². The van der Waals surface area contributed by atoms with Crippen LogP contribution in [0.1, 0.15) is 51.0 Å². The molecule has 0 atom stereocenters. The number of amides is 1. The first-order valence-electron chi connectivity index (χ1n) is 8.58. The number of hydrogen-bond donors (Lipinski definition) is 1. The quantitative estimate of drug-likeness (QED) is 0.511. The summed E-state index contributed by atoms with van der Waals surface area (Å²) in [6, 6.07) is 5.87. The van der Waals surface area contributed by atoms with E-state index in [1.807, 2.05) is 25.1 Å². The van der Waals surface area contributed by atoms with Gasteiger partial charge in [0.1, 0.15) is 0 Å². The van der Waals surface area contributed by atoms with Gasteiger partial charge in [0.25, 0.3) is 5.91 Å². The number of carbonyl (C=O) groups is 1. The number of hydrogen-bond acceptors (Lipinski definition) is 5. The predicted molar refractivity (Wildman–Crippen MR) is 90.4 cm³/mol. The average molecular weight is 332 g/mol. The summed E-state index contributed by atoms with van der Waals surface area (Å²) in [5, 5.41) is 7.07. The van der Waals surface area contributed by atoms with E-state index in [0.717, 1.165) is 24.2 Å². The van der Waals surface area contributed by atoms with Crippen LogP contribution in [-0.2, 0) is 9.63 Å². The van der Waals surface area contributed by atoms with Crippen molar-refractivity contribution in [2.45, 2.75) is 51.5 Å². The van der Waals surface area contributed by atoms with Crippen molar-refractivity contribution in [1.29, 1.82) is 0 Å². The van der Waals surface area contributed by atoms with Gasteiger partial charge in [-0.2, -0.15) is 0 Å². The molecule has 1 heterocycles. The highest BCUT2D eigenvalue weighted by Crippen LogP contribution is 2.32. The van der Waals surface area contributed by atoms with Gasteiger partial charge in [-0.05, 0) is 38.0 Å². The summed E-state index contributed by atoms with van der Waals surface area (Å²) in [5.41, 5.74) is 1.57. The lowest BCUT2D eigenvalue weighted by Gasteiger charge is -2.15. The summed E-state index contributed by atoms with van der Waals surface area (Å²) in [7, 11) is 0. The molecule has 1 fully saturated rings. The zero-order valence-electron chi connectivity index (χ0n) is 14.0. The van der Waals surface area contributed by atoms with Crippen LogP contribution in [0.25, 0.3) is 0 Å². The van der Waals surface area contributed by atoms with Crippen molar-refractivity contribution in [3.8, 4) is 11.5 Å². The summed E-state index contributed by atoms with van der Waals surface area (Å²) in [6.07, 6.45) is 7.03. The molecule has 0 saturated heterocycles. The van der Waals surface area contributed by atoms with Gasteiger partial charge in [-0.15, -0.1) is 0 Å². The van der Waals surface area contributed by atoms with Gasteiger partial charge in [-0.25, -0.2) is 0 Å². The molecule has 6 heteroatoms. The normalized spacial score (nSPS) is 18.1. The van der Waals surface area contributed by atoms with Crippen molar-refractivity contribution in [3.63, 3.8) is 0 Å². The molecule has 0 aromatic heterocycles. The molecule has 0 radical (unpaired) electrons. The molecule has 130 valence electrons. The topological polar surface area (TPSA) is 69.2 Å². The molecule has 1 aromatic rings. The SMILES string of the molecule is C/C(=N\OCC(=O)NC1CCCCCC1)c1ccc2c(c1)OCO2. The highest BCUT2D eigenvalue weighted by Gasteiger charge is 2.16. The van der Waals surface area contributed by atoms with Gasteiger partial charge in [0.2, 0.25) is 6.79 Å². The molecule has 1 aromatic carbocycles. The Morgan fingerprint density at radius 2 is 1.96 bits per heavy atom. The third-order valence-electron chi connectivity index (χ3n) is 4.41. The number of carbonyl (C=O) groups excluding carboxylic acids is 1. The second kappa shape index (κ2) is 8.04. The third-order valence-corrected chi connectivity index (χ3v) is 4.41. The van der Waals surface area contributed by atoms with Crippen molar-refractivity contribution in [2.24, 2.45) is 5.16 Å². The second-order valence-electron chi connectivity index (χ2n) is 6.27. The maximum absolute atomic E-state index is 12.0. The lowest BCUT2D eigenvalue weighted by molar-refractivity contribution is -0.126. The van der Waals surface area contributed by atoms with Crippen LogP contribution in [0.3, 0.4) is 0 Å². The molecule has 24 heavy (non-hydrogen) atoms. The van der Waals surface area contributed by atoms with Crippen LogP contribution >= 0.6 is 0 Å². The summed E-state index contributed by atoms with van der Waals surface area (Å²) < 4.78 is 10.6. The average Bonchev–Trinajstić information content (AvgIpc) is 2.90. The molecule has 3 rings (SSSR count). The van der Waals surface area contributed by atoms with E-state index in [0.29, 0.717) is 11.5 Å². The standard InChI is InChI=1S/C18H24N2O4/c1-13(14-8-9-16-17(10-14)23-12-22-16)20-24-11-18(21)19-15-6-4-2-3-5-7-15/h8-10,15H,2-7,11-12H2,1H3,(H,19,21)/b20-13+. The fourth-order valence-corrected chi connectivity index (χ4v) is 3.06. The van der Waals surface area contributed by atoms with Gasteiger partial charge in [-0.3, -0.25) is 4.79 Å². The minimum Gasteiger partial charge on any atom is -0.454 e. The molecular formula is C18H24N2O4. The van der Waals surface area contributed by atoms with Gasteiger partial charge in [-0.1, -0.05) is 30.8 Å². The van der Waals surface area contributed by atoms with Gasteiger partial charge < -0.3 is 19.6 Å². The number of benzene rings is 1.